The predicted octanol–water partition coefficient (Wildman–Crippen LogP) is 3.19. The van der Waals surface area contributed by atoms with Gasteiger partial charge < -0.3 is 24.3 Å². The maximum atomic E-state index is 12.9. The van der Waals surface area contributed by atoms with Crippen LogP contribution in [-0.2, 0) is 10.2 Å². The number of benzene rings is 2. The number of carbonyl (C=O) groups is 1. The van der Waals surface area contributed by atoms with E-state index in [2.05, 4.69) is 17.4 Å². The van der Waals surface area contributed by atoms with Crippen molar-refractivity contribution < 1.29 is 23.7 Å². The number of nitrogens with one attached hydrogen (secondary N) is 1. The highest BCUT2D eigenvalue weighted by Crippen LogP contribution is 2.36. The number of hydrogen-bond acceptors (Lipinski definition) is 5. The lowest BCUT2D eigenvalue weighted by Gasteiger charge is -2.38. The molecule has 1 fully saturated rings. The van der Waals surface area contributed by atoms with E-state index >= 15 is 0 Å². The largest absolute Gasteiger partial charge is 0.497 e. The second-order valence-corrected chi connectivity index (χ2v) is 6.84. The van der Waals surface area contributed by atoms with Crippen molar-refractivity contribution in [1.29, 1.82) is 0 Å². The number of carbonyl (C=O) groups excluding carboxylic acids is 1. The highest BCUT2D eigenvalue weighted by Gasteiger charge is 2.35. The van der Waals surface area contributed by atoms with Crippen LogP contribution in [-0.4, -0.2) is 47.0 Å². The summed E-state index contributed by atoms with van der Waals surface area (Å²) >= 11 is 0. The van der Waals surface area contributed by atoms with Gasteiger partial charge in [0.05, 0.1) is 26.9 Å². The topological polar surface area (TPSA) is 66.0 Å². The molecule has 28 heavy (non-hydrogen) atoms. The lowest BCUT2D eigenvalue weighted by molar-refractivity contribution is 0.0486. The van der Waals surface area contributed by atoms with Gasteiger partial charge in [-0.1, -0.05) is 18.2 Å². The quantitative estimate of drug-likeness (QED) is 0.793. The van der Waals surface area contributed by atoms with Crippen LogP contribution in [0.25, 0.3) is 0 Å². The van der Waals surface area contributed by atoms with Crippen molar-refractivity contribution >= 4 is 5.91 Å². The van der Waals surface area contributed by atoms with E-state index < -0.39 is 0 Å². The fourth-order valence-corrected chi connectivity index (χ4v) is 3.68. The summed E-state index contributed by atoms with van der Waals surface area (Å²) in [7, 11) is 4.74. The first-order chi connectivity index (χ1) is 13.6. The third kappa shape index (κ3) is 4.07. The molecule has 0 aromatic heterocycles. The molecule has 1 aliphatic heterocycles. The van der Waals surface area contributed by atoms with E-state index in [4.69, 9.17) is 18.9 Å². The van der Waals surface area contributed by atoms with Crippen LogP contribution in [0.2, 0.25) is 0 Å². The van der Waals surface area contributed by atoms with Gasteiger partial charge in [0.25, 0.3) is 5.91 Å². The van der Waals surface area contributed by atoms with E-state index in [0.29, 0.717) is 36.8 Å². The van der Waals surface area contributed by atoms with E-state index in [1.54, 1.807) is 32.4 Å². The second kappa shape index (κ2) is 8.97. The van der Waals surface area contributed by atoms with Crippen LogP contribution < -0.4 is 19.5 Å². The molecular weight excluding hydrogens is 358 g/mol. The van der Waals surface area contributed by atoms with Crippen molar-refractivity contribution in [3.05, 3.63) is 53.6 Å². The summed E-state index contributed by atoms with van der Waals surface area (Å²) < 4.78 is 21.5. The van der Waals surface area contributed by atoms with Crippen LogP contribution in [0, 0.1) is 0 Å². The summed E-state index contributed by atoms with van der Waals surface area (Å²) in [4.78, 5) is 12.9. The predicted molar refractivity (Wildman–Crippen MR) is 107 cm³/mol. The standard InChI is InChI=1S/C22H27NO5/c1-25-17-9-7-16(8-10-17)22(11-13-28-14-12-22)15-23-21(24)18-5-4-6-19(26-2)20(18)27-3/h4-10H,11-15H2,1-3H3,(H,23,24). The van der Waals surface area contributed by atoms with Crippen LogP contribution in [0.1, 0.15) is 28.8 Å². The number of methoxy groups -OCH3 is 3. The third-order valence-corrected chi connectivity index (χ3v) is 5.39. The average Bonchev–Trinajstić information content (AvgIpc) is 2.77. The van der Waals surface area contributed by atoms with E-state index in [9.17, 15) is 4.79 Å². The van der Waals surface area contributed by atoms with Crippen LogP contribution in [0.15, 0.2) is 42.5 Å². The molecule has 0 atom stereocenters. The molecule has 2 aromatic rings. The van der Waals surface area contributed by atoms with Crippen molar-refractivity contribution in [3.63, 3.8) is 0 Å². The highest BCUT2D eigenvalue weighted by molar-refractivity contribution is 5.97. The van der Waals surface area contributed by atoms with Crippen molar-refractivity contribution in [1.82, 2.24) is 5.32 Å². The van der Waals surface area contributed by atoms with Crippen LogP contribution in [0.4, 0.5) is 0 Å². The summed E-state index contributed by atoms with van der Waals surface area (Å²) in [6, 6.07) is 13.3. The van der Waals surface area contributed by atoms with Gasteiger partial charge in [-0.15, -0.1) is 0 Å². The Labute approximate surface area is 165 Å². The lowest BCUT2D eigenvalue weighted by atomic mass is 9.74. The SMILES string of the molecule is COc1ccc(C2(CNC(=O)c3cccc(OC)c3OC)CCOCC2)cc1. The Bertz CT molecular complexity index is 797. The average molecular weight is 385 g/mol. The van der Waals surface area contributed by atoms with Crippen molar-refractivity contribution in [2.24, 2.45) is 0 Å². The number of para-hydroxylation sites is 1. The minimum atomic E-state index is -0.185. The van der Waals surface area contributed by atoms with Crippen LogP contribution in [0.3, 0.4) is 0 Å². The Balaban J connectivity index is 1.82. The Kier molecular flexibility index (Phi) is 6.41. The zero-order valence-electron chi connectivity index (χ0n) is 16.6. The van der Waals surface area contributed by atoms with Gasteiger partial charge in [0, 0.05) is 25.2 Å². The molecule has 0 radical (unpaired) electrons. The fraction of sp³-hybridized carbons (Fsp3) is 0.409. The summed E-state index contributed by atoms with van der Waals surface area (Å²) in [6.07, 6.45) is 1.68. The number of ether oxygens (including phenoxy) is 4. The monoisotopic (exact) mass is 385 g/mol. The molecule has 1 N–H and O–H groups in total. The molecule has 2 aromatic carbocycles. The van der Waals surface area contributed by atoms with Gasteiger partial charge in [-0.25, -0.2) is 0 Å². The summed E-state index contributed by atoms with van der Waals surface area (Å²) in [5.74, 6) is 1.60. The van der Waals surface area contributed by atoms with E-state index in [-0.39, 0.29) is 11.3 Å². The molecule has 0 bridgehead atoms. The van der Waals surface area contributed by atoms with Crippen molar-refractivity contribution in [3.8, 4) is 17.2 Å². The zero-order chi connectivity index (χ0) is 20.0. The molecule has 1 saturated heterocycles. The molecule has 1 heterocycles. The summed E-state index contributed by atoms with van der Waals surface area (Å²) in [5, 5.41) is 3.10. The Morgan fingerprint density at radius 3 is 2.32 bits per heavy atom. The first-order valence-corrected chi connectivity index (χ1v) is 9.35. The van der Waals surface area contributed by atoms with Gasteiger partial charge >= 0.3 is 0 Å². The number of amides is 1. The van der Waals surface area contributed by atoms with Gasteiger partial charge in [0.15, 0.2) is 11.5 Å². The second-order valence-electron chi connectivity index (χ2n) is 6.84. The maximum absolute atomic E-state index is 12.9. The van der Waals surface area contributed by atoms with Crippen molar-refractivity contribution in [2.75, 3.05) is 41.1 Å². The van der Waals surface area contributed by atoms with Gasteiger partial charge in [-0.2, -0.15) is 0 Å². The minimum Gasteiger partial charge on any atom is -0.497 e. The van der Waals surface area contributed by atoms with Gasteiger partial charge in [0.2, 0.25) is 0 Å². The zero-order valence-corrected chi connectivity index (χ0v) is 16.6. The molecule has 6 heteroatoms. The van der Waals surface area contributed by atoms with Crippen molar-refractivity contribution in [2.45, 2.75) is 18.3 Å². The number of hydrogen-bond donors (Lipinski definition) is 1. The Hall–Kier alpha value is -2.73. The van der Waals surface area contributed by atoms with E-state index in [1.807, 2.05) is 12.1 Å². The Morgan fingerprint density at radius 1 is 1.00 bits per heavy atom. The third-order valence-electron chi connectivity index (χ3n) is 5.39. The molecule has 1 aliphatic rings. The maximum Gasteiger partial charge on any atom is 0.255 e. The first-order valence-electron chi connectivity index (χ1n) is 9.35. The molecule has 1 amide bonds. The lowest BCUT2D eigenvalue weighted by Crippen LogP contribution is -2.44. The molecule has 0 saturated carbocycles. The fourth-order valence-electron chi connectivity index (χ4n) is 3.68. The Morgan fingerprint density at radius 2 is 1.71 bits per heavy atom. The molecule has 3 rings (SSSR count). The van der Waals surface area contributed by atoms with Gasteiger partial charge in [0.1, 0.15) is 5.75 Å². The van der Waals surface area contributed by atoms with E-state index in [0.717, 1.165) is 18.6 Å². The normalized spacial score (nSPS) is 15.5. The molecular formula is C22H27NO5. The molecule has 0 unspecified atom stereocenters. The molecule has 0 spiro atoms. The molecule has 0 aliphatic carbocycles. The van der Waals surface area contributed by atoms with Crippen LogP contribution in [0.5, 0.6) is 17.2 Å². The van der Waals surface area contributed by atoms with Crippen LogP contribution >= 0.6 is 0 Å². The van der Waals surface area contributed by atoms with Gasteiger partial charge in [-0.05, 0) is 42.7 Å². The minimum absolute atomic E-state index is 0.174. The summed E-state index contributed by atoms with van der Waals surface area (Å²) in [6.45, 7) is 1.86. The highest BCUT2D eigenvalue weighted by atomic mass is 16.5. The molecule has 150 valence electrons. The molecule has 6 nitrogen and oxygen atoms in total. The van der Waals surface area contributed by atoms with Gasteiger partial charge in [-0.3, -0.25) is 4.79 Å². The first kappa shape index (κ1) is 20.0. The summed E-state index contributed by atoms with van der Waals surface area (Å²) in [5.41, 5.74) is 1.46. The smallest absolute Gasteiger partial charge is 0.255 e. The number of rotatable bonds is 7. The van der Waals surface area contributed by atoms with E-state index in [1.165, 1.54) is 12.7 Å².